The van der Waals surface area contributed by atoms with Crippen molar-refractivity contribution in [2.24, 2.45) is 5.92 Å². The number of amides is 2. The molecule has 0 N–H and O–H groups in total. The molecule has 5 heteroatoms. The van der Waals surface area contributed by atoms with Crippen molar-refractivity contribution < 1.29 is 19.1 Å². The molecule has 1 saturated heterocycles. The lowest BCUT2D eigenvalue weighted by atomic mass is 9.92. The number of rotatable bonds is 7. The molecule has 2 atom stereocenters. The summed E-state index contributed by atoms with van der Waals surface area (Å²) in [4.78, 5) is 25.0. The van der Waals surface area contributed by atoms with Gasteiger partial charge in [0, 0.05) is 17.6 Å². The third kappa shape index (κ3) is 3.36. The molecule has 0 saturated carbocycles. The summed E-state index contributed by atoms with van der Waals surface area (Å²) in [6, 6.07) is 7.05. The summed E-state index contributed by atoms with van der Waals surface area (Å²) in [5.74, 6) is 0.887. The fourth-order valence-corrected chi connectivity index (χ4v) is 3.07. The summed E-state index contributed by atoms with van der Waals surface area (Å²) in [7, 11) is 0. The fourth-order valence-electron chi connectivity index (χ4n) is 3.07. The summed E-state index contributed by atoms with van der Waals surface area (Å²) >= 11 is 0. The lowest BCUT2D eigenvalue weighted by Gasteiger charge is -2.36. The van der Waals surface area contributed by atoms with Gasteiger partial charge in [0.05, 0.1) is 25.0 Å². The molecule has 3 rings (SSSR count). The minimum absolute atomic E-state index is 0.264. The van der Waals surface area contributed by atoms with Gasteiger partial charge in [-0.3, -0.25) is 9.59 Å². The van der Waals surface area contributed by atoms with Gasteiger partial charge in [-0.2, -0.15) is 0 Å². The maximum atomic E-state index is 12.0. The summed E-state index contributed by atoms with van der Waals surface area (Å²) in [6.07, 6.45) is 4.91. The molecule has 2 unspecified atom stereocenters. The number of carbonyl (C=O) groups is 2. The molecule has 0 spiro atoms. The van der Waals surface area contributed by atoms with E-state index in [1.807, 2.05) is 0 Å². The highest BCUT2D eigenvalue weighted by Crippen LogP contribution is 2.27. The second-order valence-electron chi connectivity index (χ2n) is 6.33. The van der Waals surface area contributed by atoms with Crippen molar-refractivity contribution in [1.82, 2.24) is 0 Å². The third-order valence-electron chi connectivity index (χ3n) is 4.67. The Morgan fingerprint density at radius 2 is 2.00 bits per heavy atom. The van der Waals surface area contributed by atoms with Gasteiger partial charge >= 0.3 is 0 Å². The van der Waals surface area contributed by atoms with E-state index in [9.17, 15) is 9.59 Å². The van der Waals surface area contributed by atoms with E-state index in [0.29, 0.717) is 29.9 Å². The highest BCUT2D eigenvalue weighted by atomic mass is 16.5. The zero-order chi connectivity index (χ0) is 17.1. The number of hydrogen-bond donors (Lipinski definition) is 0. The van der Waals surface area contributed by atoms with Crippen molar-refractivity contribution in [3.8, 4) is 5.75 Å². The Morgan fingerprint density at radius 1 is 1.25 bits per heavy atom. The van der Waals surface area contributed by atoms with Gasteiger partial charge in [0.15, 0.2) is 0 Å². The summed E-state index contributed by atoms with van der Waals surface area (Å²) in [5, 5.41) is 0. The van der Waals surface area contributed by atoms with E-state index in [1.54, 1.807) is 31.2 Å². The highest BCUT2D eigenvalue weighted by molar-refractivity contribution is 6.30. The number of nitrogens with zero attached hydrogens (tertiary/aromatic N) is 1. The predicted octanol–water partition coefficient (Wildman–Crippen LogP) is 3.09. The summed E-state index contributed by atoms with van der Waals surface area (Å²) in [5.41, 5.74) is 1.03. The number of benzene rings is 1. The maximum absolute atomic E-state index is 12.0. The number of carbonyl (C=O) groups excluding carboxylic acids is 2. The molecule has 0 aliphatic carbocycles. The van der Waals surface area contributed by atoms with Crippen LogP contribution in [0.1, 0.15) is 33.1 Å². The van der Waals surface area contributed by atoms with Crippen molar-refractivity contribution >= 4 is 17.5 Å². The van der Waals surface area contributed by atoms with Crippen LogP contribution in [0.25, 0.3) is 0 Å². The van der Waals surface area contributed by atoms with Gasteiger partial charge in [0.25, 0.3) is 11.8 Å². The van der Waals surface area contributed by atoms with E-state index in [2.05, 4.69) is 6.92 Å². The van der Waals surface area contributed by atoms with Crippen LogP contribution in [0.3, 0.4) is 0 Å². The van der Waals surface area contributed by atoms with Gasteiger partial charge in [0.1, 0.15) is 5.75 Å². The van der Waals surface area contributed by atoms with Gasteiger partial charge in [-0.25, -0.2) is 4.90 Å². The average Bonchev–Trinajstić information content (AvgIpc) is 2.80. The maximum Gasteiger partial charge on any atom is 0.261 e. The zero-order valence-corrected chi connectivity index (χ0v) is 14.2. The van der Waals surface area contributed by atoms with Gasteiger partial charge in [-0.05, 0) is 50.5 Å². The minimum Gasteiger partial charge on any atom is -0.494 e. The molecule has 1 fully saturated rings. The van der Waals surface area contributed by atoms with Gasteiger partial charge in [-0.15, -0.1) is 0 Å². The Bertz CT molecular complexity index is 648. The molecule has 2 aliphatic heterocycles. The first-order chi connectivity index (χ1) is 11.6. The first-order valence-electron chi connectivity index (χ1n) is 8.51. The molecule has 5 nitrogen and oxygen atoms in total. The molecular weight excluding hydrogens is 306 g/mol. The number of anilines is 1. The van der Waals surface area contributed by atoms with Crippen LogP contribution >= 0.6 is 0 Å². The van der Waals surface area contributed by atoms with Crippen LogP contribution in [0, 0.1) is 5.92 Å². The molecule has 2 heterocycles. The third-order valence-corrected chi connectivity index (χ3v) is 4.67. The van der Waals surface area contributed by atoms with Crippen molar-refractivity contribution in [1.29, 1.82) is 0 Å². The fraction of sp³-hybridized carbons (Fsp3) is 0.474. The highest BCUT2D eigenvalue weighted by Gasteiger charge is 2.30. The Labute approximate surface area is 142 Å². The van der Waals surface area contributed by atoms with Crippen molar-refractivity contribution in [3.05, 3.63) is 35.9 Å². The van der Waals surface area contributed by atoms with Gasteiger partial charge in [0.2, 0.25) is 0 Å². The van der Waals surface area contributed by atoms with Crippen molar-refractivity contribution in [2.45, 2.75) is 39.2 Å². The summed E-state index contributed by atoms with van der Waals surface area (Å²) in [6.45, 7) is 5.38. The van der Waals surface area contributed by atoms with Crippen LogP contribution in [0.15, 0.2) is 35.9 Å². The second-order valence-corrected chi connectivity index (χ2v) is 6.33. The smallest absolute Gasteiger partial charge is 0.261 e. The second kappa shape index (κ2) is 7.18. The van der Waals surface area contributed by atoms with Crippen molar-refractivity contribution in [2.75, 3.05) is 18.1 Å². The molecule has 0 radical (unpaired) electrons. The van der Waals surface area contributed by atoms with E-state index >= 15 is 0 Å². The van der Waals surface area contributed by atoms with Gasteiger partial charge < -0.3 is 9.47 Å². The SMILES string of the molecule is CCC1COC1CCCOc1ccc(N2C(=O)C=C(C)C2=O)cc1. The molecule has 1 aromatic rings. The summed E-state index contributed by atoms with van der Waals surface area (Å²) < 4.78 is 11.3. The van der Waals surface area contributed by atoms with Gasteiger partial charge in [-0.1, -0.05) is 6.92 Å². The molecule has 1 aromatic carbocycles. The quantitative estimate of drug-likeness (QED) is 0.570. The first kappa shape index (κ1) is 16.7. The predicted molar refractivity (Wildman–Crippen MR) is 90.9 cm³/mol. The lowest BCUT2D eigenvalue weighted by Crippen LogP contribution is -2.39. The Hall–Kier alpha value is -2.14. The van der Waals surface area contributed by atoms with Crippen LogP contribution in [-0.2, 0) is 14.3 Å². The lowest BCUT2D eigenvalue weighted by molar-refractivity contribution is -0.120. The van der Waals surface area contributed by atoms with E-state index in [-0.39, 0.29) is 11.8 Å². The average molecular weight is 329 g/mol. The topological polar surface area (TPSA) is 55.8 Å². The van der Waals surface area contributed by atoms with Crippen LogP contribution < -0.4 is 9.64 Å². The largest absolute Gasteiger partial charge is 0.494 e. The van der Waals surface area contributed by atoms with Crippen LogP contribution in [0.4, 0.5) is 5.69 Å². The number of hydrogen-bond acceptors (Lipinski definition) is 4. The minimum atomic E-state index is -0.294. The standard InChI is InChI=1S/C19H23NO4/c1-3-14-12-24-17(14)5-4-10-23-16-8-6-15(7-9-16)20-18(21)11-13(2)19(20)22/h6-9,11,14,17H,3-5,10,12H2,1-2H3. The van der Waals surface area contributed by atoms with E-state index in [1.165, 1.54) is 17.4 Å². The van der Waals surface area contributed by atoms with E-state index < -0.39 is 0 Å². The van der Waals surface area contributed by atoms with Crippen LogP contribution in [0.5, 0.6) is 5.75 Å². The van der Waals surface area contributed by atoms with E-state index in [0.717, 1.165) is 25.2 Å². The molecule has 0 bridgehead atoms. The number of imide groups is 1. The molecule has 24 heavy (non-hydrogen) atoms. The molecular formula is C19H23NO4. The normalized spacial score (nSPS) is 23.2. The molecule has 2 amide bonds. The van der Waals surface area contributed by atoms with Crippen molar-refractivity contribution in [3.63, 3.8) is 0 Å². The van der Waals surface area contributed by atoms with Crippen LogP contribution in [-0.4, -0.2) is 31.1 Å². The molecule has 0 aromatic heterocycles. The monoisotopic (exact) mass is 329 g/mol. The van der Waals surface area contributed by atoms with Crippen LogP contribution in [0.2, 0.25) is 0 Å². The Kier molecular flexibility index (Phi) is 5.00. The number of ether oxygens (including phenoxy) is 2. The molecule has 2 aliphatic rings. The zero-order valence-electron chi connectivity index (χ0n) is 14.2. The van der Waals surface area contributed by atoms with E-state index in [4.69, 9.17) is 9.47 Å². The Morgan fingerprint density at radius 3 is 2.54 bits per heavy atom. The Balaban J connectivity index is 1.47. The first-order valence-corrected chi connectivity index (χ1v) is 8.51. The molecule has 128 valence electrons.